The van der Waals surface area contributed by atoms with Crippen molar-refractivity contribution in [1.29, 1.82) is 0 Å². The number of benzene rings is 1. The zero-order valence-corrected chi connectivity index (χ0v) is 84.7. The molecule has 686 valence electrons. The molecule has 7 aromatic rings. The molecule has 5 fully saturated rings. The predicted octanol–water partition coefficient (Wildman–Crippen LogP) is 33.5. The van der Waals surface area contributed by atoms with Crippen LogP contribution < -0.4 is 0 Å². The third-order valence-corrected chi connectivity index (χ3v) is 12.6. The Morgan fingerprint density at radius 2 is 0.716 bits per heavy atom. The minimum Gasteiger partial charge on any atom is -0.452 e. The number of nitrogens with one attached hydrogen (secondary N) is 1. The van der Waals surface area contributed by atoms with Crippen molar-refractivity contribution in [1.82, 2.24) is 45.9 Å². The molecule has 3 aliphatic carbocycles. The Hall–Kier alpha value is -5.80. The third-order valence-electron chi connectivity index (χ3n) is 12.6. The molecular formula is C101H201N9O6. The first-order valence-electron chi connectivity index (χ1n) is 45.1. The normalized spacial score (nSPS) is 12.5. The quantitative estimate of drug-likeness (QED) is 0.176. The van der Waals surface area contributed by atoms with Crippen LogP contribution in [-0.4, -0.2) is 72.3 Å². The van der Waals surface area contributed by atoms with Crippen molar-refractivity contribution in [3.05, 3.63) is 148 Å². The molecule has 8 heterocycles. The van der Waals surface area contributed by atoms with Crippen LogP contribution in [-0.2, 0) is 9.47 Å². The van der Waals surface area contributed by atoms with Gasteiger partial charge in [0.15, 0.2) is 6.39 Å². The van der Waals surface area contributed by atoms with Crippen molar-refractivity contribution in [3.63, 3.8) is 0 Å². The number of rotatable bonds is 3. The molecule has 0 atom stereocenters. The summed E-state index contributed by atoms with van der Waals surface area (Å²) in [7, 11) is 0. The van der Waals surface area contributed by atoms with Gasteiger partial charge in [-0.05, 0) is 174 Å². The van der Waals surface area contributed by atoms with Crippen molar-refractivity contribution in [2.75, 3.05) is 26.4 Å². The topological polar surface area (TPSA) is 190 Å². The van der Waals surface area contributed by atoms with Crippen LogP contribution in [0.25, 0.3) is 0 Å². The highest BCUT2D eigenvalue weighted by atomic mass is 16.5. The molecule has 0 radical (unpaired) electrons. The number of oxazole rings is 1. The summed E-state index contributed by atoms with van der Waals surface area (Å²) in [5.41, 5.74) is 2.62. The molecule has 15 nitrogen and oxygen atoms in total. The second-order valence-corrected chi connectivity index (χ2v) is 38.5. The Bertz CT molecular complexity index is 2070. The Labute approximate surface area is 723 Å². The Morgan fingerprint density at radius 1 is 0.345 bits per heavy atom. The van der Waals surface area contributed by atoms with E-state index in [-0.39, 0.29) is 0 Å². The summed E-state index contributed by atoms with van der Waals surface area (Å²) >= 11 is 0. The molecule has 116 heavy (non-hydrogen) atoms. The molecule has 12 rings (SSSR count). The van der Waals surface area contributed by atoms with Crippen LogP contribution >= 0.6 is 0 Å². The molecule has 0 unspecified atom stereocenters. The predicted molar refractivity (Wildman–Crippen MR) is 512 cm³/mol. The maximum absolute atomic E-state index is 4.94. The van der Waals surface area contributed by atoms with E-state index in [9.17, 15) is 0 Å². The third kappa shape index (κ3) is 203. The SMILES string of the molecule is C1CCCC1.C1CCOC1.C1COC1.CC(C)(C)C1CC1.CC(C)(C)C1CCC1.CC(C)C.CC(C)C.CC(C)C.CC(C)C.CC(C)C.CC(C)C.CC(C)C.CC(C)C.CC(C)C.CC(C)C(C)C.CC(C)c1ccccc1.CCC(C)C.c1ccncc1.c1cn[nH]c1.c1cnoc1.c1cocn1.c1conn1.c1nnco1. The van der Waals surface area contributed by atoms with Gasteiger partial charge < -0.3 is 27.4 Å². The monoisotopic (exact) mass is 1640 g/mol. The van der Waals surface area contributed by atoms with Crippen LogP contribution in [0.3, 0.4) is 0 Å². The van der Waals surface area contributed by atoms with Crippen LogP contribution in [0.5, 0.6) is 0 Å². The largest absolute Gasteiger partial charge is 0.452 e. The Balaban J connectivity index is -0.000000111. The number of aromatic amines is 1. The van der Waals surface area contributed by atoms with Gasteiger partial charge in [0.25, 0.3) is 0 Å². The Kier molecular flexibility index (Phi) is 121. The number of nitrogens with zero attached hydrogens (tertiary/aromatic N) is 8. The summed E-state index contributed by atoms with van der Waals surface area (Å²) in [6.45, 7) is 96.5. The zero-order chi connectivity index (χ0) is 91.8. The van der Waals surface area contributed by atoms with Crippen LogP contribution in [0.4, 0.5) is 0 Å². The first-order valence-corrected chi connectivity index (χ1v) is 45.1. The highest BCUT2D eigenvalue weighted by Gasteiger charge is 2.33. The second-order valence-electron chi connectivity index (χ2n) is 38.5. The smallest absolute Gasteiger partial charge is 0.203 e. The van der Waals surface area contributed by atoms with Crippen LogP contribution in [0.2, 0.25) is 0 Å². The molecule has 5 aliphatic rings. The fourth-order valence-corrected chi connectivity index (χ4v) is 5.75. The van der Waals surface area contributed by atoms with E-state index in [0.717, 1.165) is 109 Å². The lowest BCUT2D eigenvalue weighted by Gasteiger charge is -2.37. The van der Waals surface area contributed by atoms with E-state index < -0.39 is 0 Å². The molecule has 0 bridgehead atoms. The van der Waals surface area contributed by atoms with E-state index in [1.807, 2.05) is 30.3 Å². The van der Waals surface area contributed by atoms with Gasteiger partial charge in [0, 0.05) is 56.5 Å². The minimum atomic E-state index is 0.595. The van der Waals surface area contributed by atoms with E-state index in [0.29, 0.717) is 16.7 Å². The molecule has 0 spiro atoms. The van der Waals surface area contributed by atoms with E-state index in [1.165, 1.54) is 140 Å². The summed E-state index contributed by atoms with van der Waals surface area (Å²) in [6.07, 6.45) is 39.9. The number of hydrogen-bond donors (Lipinski definition) is 1. The number of pyridine rings is 1. The maximum atomic E-state index is 4.94. The van der Waals surface area contributed by atoms with Gasteiger partial charge >= 0.3 is 0 Å². The lowest BCUT2D eigenvalue weighted by atomic mass is 9.69. The van der Waals surface area contributed by atoms with Gasteiger partial charge in [-0.25, -0.2) is 4.98 Å². The number of hydrogen-bond acceptors (Lipinski definition) is 14. The molecule has 0 amide bonds. The molecule has 15 heteroatoms. The van der Waals surface area contributed by atoms with Crippen molar-refractivity contribution in [2.45, 2.75) is 387 Å². The highest BCUT2D eigenvalue weighted by Crippen LogP contribution is 2.44. The molecule has 3 saturated carbocycles. The zero-order valence-electron chi connectivity index (χ0n) is 84.7. The first kappa shape index (κ1) is 134. The summed E-state index contributed by atoms with van der Waals surface area (Å²) in [5, 5.41) is 22.6. The molecule has 1 N–H and O–H groups in total. The minimum absolute atomic E-state index is 0.595. The van der Waals surface area contributed by atoms with E-state index in [2.05, 4.69) is 379 Å². The van der Waals surface area contributed by atoms with Gasteiger partial charge in [0.2, 0.25) is 12.8 Å². The summed E-state index contributed by atoms with van der Waals surface area (Å²) < 4.78 is 27.1. The van der Waals surface area contributed by atoms with Gasteiger partial charge in [-0.1, -0.05) is 377 Å². The average Bonchev–Trinajstić information content (AvgIpc) is 1.11. The van der Waals surface area contributed by atoms with E-state index in [4.69, 9.17) is 9.47 Å². The summed E-state index contributed by atoms with van der Waals surface area (Å²) in [5.74, 6) is 12.8. The molecule has 1 aromatic carbocycles. The fraction of sp³-hybridized carbons (Fsp3) is 0.762. The average molecular weight is 1640 g/mol. The van der Waals surface area contributed by atoms with Crippen LogP contribution in [0.1, 0.15) is 392 Å². The number of ether oxygens (including phenoxy) is 2. The van der Waals surface area contributed by atoms with Crippen molar-refractivity contribution in [2.24, 2.45) is 93.7 Å². The molecule has 2 saturated heterocycles. The number of H-pyrrole nitrogens is 1. The highest BCUT2D eigenvalue weighted by molar-refractivity contribution is 5.17. The standard InChI is InChI=1S/C9H12.C8H16.C7H14.C6H14.C5H5N.C5H10.C5H12.C4H8O.9C4H10.C3H4N2.2C3H3NO.C3H6O.2C2H2N2O/c1-8(2)9-6-4-3-5-7-9;1-8(2,3)7-5-4-6-7;1-7(2,3)6-4-5-6;1-5(2)6(3)4;1-2-4-6-5-3-1;1-2-4-5-3-1;1-4-5(2)3;1-2-4-5-3-1;9*1-4(2)3;1-2-4-5-3-1;1-2-5-3-4-1;1-2-4-5-3-1;1-2-4-3-1;1-3-4-2-5-1;1-2-5-4-3-1/h3-8H,1-2H3;7H,4-6H2,1-3H3;6H,4-5H2,1-3H3;5-6H,1-4H3;1-5H;1-5H2;5H,4H2,1-3H3;1-4H2;9*4H,1-3H3;1-3H,(H,4,5);2*1-3H;1-3H2;2*1-2H. The number of aromatic nitrogens is 9. The van der Waals surface area contributed by atoms with E-state index >= 15 is 0 Å². The lowest BCUT2D eigenvalue weighted by Crippen LogP contribution is -2.26. The Morgan fingerprint density at radius 3 is 0.810 bits per heavy atom. The van der Waals surface area contributed by atoms with Gasteiger partial charge in [-0.15, -0.1) is 15.3 Å². The van der Waals surface area contributed by atoms with E-state index in [1.54, 1.807) is 43.2 Å². The van der Waals surface area contributed by atoms with Crippen molar-refractivity contribution < 1.29 is 27.4 Å². The molecule has 2 aliphatic heterocycles. The fourth-order valence-electron chi connectivity index (χ4n) is 5.75. The van der Waals surface area contributed by atoms with Gasteiger partial charge in [0.05, 0.1) is 18.6 Å². The van der Waals surface area contributed by atoms with Crippen LogP contribution in [0.15, 0.2) is 160 Å². The first-order chi connectivity index (χ1) is 54.0. The lowest BCUT2D eigenvalue weighted by molar-refractivity contribution is 0.0367. The summed E-state index contributed by atoms with van der Waals surface area (Å²) in [4.78, 5) is 7.34. The van der Waals surface area contributed by atoms with Gasteiger partial charge in [-0.2, -0.15) is 5.10 Å². The second kappa shape index (κ2) is 105. The van der Waals surface area contributed by atoms with Gasteiger partial charge in [-0.3, -0.25) is 10.1 Å². The van der Waals surface area contributed by atoms with Crippen molar-refractivity contribution in [3.8, 4) is 0 Å². The van der Waals surface area contributed by atoms with Gasteiger partial charge in [0.1, 0.15) is 18.8 Å². The summed E-state index contributed by atoms with van der Waals surface area (Å²) in [6, 6.07) is 19.8. The maximum Gasteiger partial charge on any atom is 0.203 e. The molecule has 6 aromatic heterocycles. The van der Waals surface area contributed by atoms with Crippen molar-refractivity contribution >= 4 is 0 Å². The van der Waals surface area contributed by atoms with Crippen LogP contribution in [0, 0.1) is 93.7 Å². The molecular weight excluding hydrogens is 1440 g/mol.